The highest BCUT2D eigenvalue weighted by atomic mass is 16.5. The highest BCUT2D eigenvalue weighted by Gasteiger charge is 2.12. The molecule has 0 spiro atoms. The number of anilines is 2. The minimum Gasteiger partial charge on any atom is -0.380 e. The standard InChI is InChI=1S/C23H26N4O3/c1-17(28)21-6-5-18(15-24)14-22(21)25-16-19-3-2-4-20(13-19)26-23(29)7-8-27-9-11-30-12-10-27/h2-6,13-14,25H,7-12,16H2,1H3,(H,26,29). The maximum absolute atomic E-state index is 12.3. The van der Waals surface area contributed by atoms with Gasteiger partial charge >= 0.3 is 0 Å². The molecular weight excluding hydrogens is 380 g/mol. The Morgan fingerprint density at radius 2 is 1.97 bits per heavy atom. The number of morpholine rings is 1. The lowest BCUT2D eigenvalue weighted by Crippen LogP contribution is -2.38. The zero-order valence-corrected chi connectivity index (χ0v) is 17.1. The lowest BCUT2D eigenvalue weighted by Gasteiger charge is -2.26. The number of nitrogens with zero attached hydrogens (tertiary/aromatic N) is 2. The Hall–Kier alpha value is -3.21. The molecule has 0 aromatic heterocycles. The number of carbonyl (C=O) groups is 2. The van der Waals surface area contributed by atoms with Crippen molar-refractivity contribution >= 4 is 23.1 Å². The van der Waals surface area contributed by atoms with Gasteiger partial charge in [-0.2, -0.15) is 5.26 Å². The van der Waals surface area contributed by atoms with Gasteiger partial charge in [-0.25, -0.2) is 0 Å². The molecule has 1 amide bonds. The molecule has 1 saturated heterocycles. The summed E-state index contributed by atoms with van der Waals surface area (Å²) in [6, 6.07) is 14.6. The first-order valence-corrected chi connectivity index (χ1v) is 10.0. The quantitative estimate of drug-likeness (QED) is 0.655. The number of ether oxygens (including phenoxy) is 1. The fourth-order valence-electron chi connectivity index (χ4n) is 3.33. The van der Waals surface area contributed by atoms with E-state index in [1.54, 1.807) is 18.2 Å². The third-order valence-corrected chi connectivity index (χ3v) is 4.98. The molecule has 2 aromatic rings. The molecule has 30 heavy (non-hydrogen) atoms. The maximum atomic E-state index is 12.3. The second-order valence-corrected chi connectivity index (χ2v) is 7.23. The normalized spacial score (nSPS) is 14.0. The van der Waals surface area contributed by atoms with Crippen LogP contribution in [0.2, 0.25) is 0 Å². The molecule has 0 unspecified atom stereocenters. The Morgan fingerprint density at radius 1 is 1.17 bits per heavy atom. The van der Waals surface area contributed by atoms with E-state index in [-0.39, 0.29) is 11.7 Å². The summed E-state index contributed by atoms with van der Waals surface area (Å²) >= 11 is 0. The van der Waals surface area contributed by atoms with Crippen molar-refractivity contribution < 1.29 is 14.3 Å². The molecule has 0 aliphatic carbocycles. The average molecular weight is 406 g/mol. The minimum atomic E-state index is -0.0664. The van der Waals surface area contributed by atoms with Gasteiger partial charge in [0.25, 0.3) is 0 Å². The molecule has 156 valence electrons. The maximum Gasteiger partial charge on any atom is 0.225 e. The smallest absolute Gasteiger partial charge is 0.225 e. The van der Waals surface area contributed by atoms with Crippen molar-refractivity contribution in [3.63, 3.8) is 0 Å². The number of Topliss-reactive ketones (excluding diaryl/α,β-unsaturated/α-hetero) is 1. The van der Waals surface area contributed by atoms with Gasteiger partial charge in [0.2, 0.25) is 5.91 Å². The van der Waals surface area contributed by atoms with E-state index in [1.165, 1.54) is 6.92 Å². The number of nitrogens with one attached hydrogen (secondary N) is 2. The van der Waals surface area contributed by atoms with E-state index in [2.05, 4.69) is 21.6 Å². The van der Waals surface area contributed by atoms with E-state index in [0.29, 0.717) is 29.8 Å². The highest BCUT2D eigenvalue weighted by molar-refractivity contribution is 5.99. The van der Waals surface area contributed by atoms with Crippen LogP contribution in [0.25, 0.3) is 0 Å². The number of benzene rings is 2. The largest absolute Gasteiger partial charge is 0.380 e. The predicted molar refractivity (Wildman–Crippen MR) is 115 cm³/mol. The zero-order valence-electron chi connectivity index (χ0n) is 17.1. The minimum absolute atomic E-state index is 0.0211. The molecule has 3 rings (SSSR count). The van der Waals surface area contributed by atoms with Crippen molar-refractivity contribution in [2.24, 2.45) is 0 Å². The second kappa shape index (κ2) is 10.5. The molecule has 1 fully saturated rings. The van der Waals surface area contributed by atoms with Crippen molar-refractivity contribution in [2.45, 2.75) is 19.9 Å². The van der Waals surface area contributed by atoms with E-state index < -0.39 is 0 Å². The molecule has 2 aromatic carbocycles. The highest BCUT2D eigenvalue weighted by Crippen LogP contribution is 2.20. The van der Waals surface area contributed by atoms with Crippen molar-refractivity contribution in [3.8, 4) is 6.07 Å². The summed E-state index contributed by atoms with van der Waals surface area (Å²) in [5.74, 6) is -0.0875. The van der Waals surface area contributed by atoms with Crippen molar-refractivity contribution in [3.05, 3.63) is 59.2 Å². The number of rotatable bonds is 8. The molecule has 1 aliphatic heterocycles. The monoisotopic (exact) mass is 406 g/mol. The van der Waals surface area contributed by atoms with Crippen LogP contribution in [0, 0.1) is 11.3 Å². The number of ketones is 1. The van der Waals surface area contributed by atoms with Crippen molar-refractivity contribution in [2.75, 3.05) is 43.5 Å². The van der Waals surface area contributed by atoms with Crippen LogP contribution in [0.5, 0.6) is 0 Å². The second-order valence-electron chi connectivity index (χ2n) is 7.23. The lowest BCUT2D eigenvalue weighted by atomic mass is 10.1. The number of hydrogen-bond donors (Lipinski definition) is 2. The molecule has 7 nitrogen and oxygen atoms in total. The lowest BCUT2D eigenvalue weighted by molar-refractivity contribution is -0.116. The first kappa shape index (κ1) is 21.5. The topological polar surface area (TPSA) is 94.5 Å². The van der Waals surface area contributed by atoms with Gasteiger partial charge in [-0.1, -0.05) is 12.1 Å². The Morgan fingerprint density at radius 3 is 2.70 bits per heavy atom. The summed E-state index contributed by atoms with van der Waals surface area (Å²) in [6.07, 6.45) is 0.436. The van der Waals surface area contributed by atoms with Gasteiger partial charge < -0.3 is 15.4 Å². The zero-order chi connectivity index (χ0) is 21.3. The van der Waals surface area contributed by atoms with Gasteiger partial charge in [-0.05, 0) is 42.8 Å². The summed E-state index contributed by atoms with van der Waals surface area (Å²) in [5.41, 5.74) is 3.35. The van der Waals surface area contributed by atoms with E-state index >= 15 is 0 Å². The van der Waals surface area contributed by atoms with Crippen LogP contribution in [0.1, 0.15) is 34.8 Å². The Labute approximate surface area is 176 Å². The number of amides is 1. The molecule has 2 N–H and O–H groups in total. The van der Waals surface area contributed by atoms with Crippen LogP contribution >= 0.6 is 0 Å². The molecular formula is C23H26N4O3. The van der Waals surface area contributed by atoms with Gasteiger partial charge in [0.1, 0.15) is 0 Å². The van der Waals surface area contributed by atoms with Crippen LogP contribution < -0.4 is 10.6 Å². The molecule has 0 saturated carbocycles. The number of carbonyl (C=O) groups excluding carboxylic acids is 2. The van der Waals surface area contributed by atoms with Crippen LogP contribution in [0.4, 0.5) is 11.4 Å². The summed E-state index contributed by atoms with van der Waals surface area (Å²) in [5, 5.41) is 15.3. The summed E-state index contributed by atoms with van der Waals surface area (Å²) in [7, 11) is 0. The van der Waals surface area contributed by atoms with Crippen molar-refractivity contribution in [1.82, 2.24) is 4.90 Å². The fraction of sp³-hybridized carbons (Fsp3) is 0.348. The van der Waals surface area contributed by atoms with Crippen LogP contribution in [-0.4, -0.2) is 49.4 Å². The predicted octanol–water partition coefficient (Wildman–Crippen LogP) is 3.03. The number of hydrogen-bond acceptors (Lipinski definition) is 6. The molecule has 0 atom stereocenters. The Bertz CT molecular complexity index is 946. The van der Waals surface area contributed by atoms with E-state index in [9.17, 15) is 9.59 Å². The van der Waals surface area contributed by atoms with E-state index in [1.807, 2.05) is 24.3 Å². The van der Waals surface area contributed by atoms with Gasteiger partial charge in [0.15, 0.2) is 5.78 Å². The van der Waals surface area contributed by atoms with Crippen LogP contribution in [0.15, 0.2) is 42.5 Å². The summed E-state index contributed by atoms with van der Waals surface area (Å²) in [6.45, 7) is 5.86. The molecule has 0 radical (unpaired) electrons. The number of nitriles is 1. The summed E-state index contributed by atoms with van der Waals surface area (Å²) < 4.78 is 5.32. The Balaban J connectivity index is 1.57. The molecule has 1 heterocycles. The first-order chi connectivity index (χ1) is 14.5. The third-order valence-electron chi connectivity index (χ3n) is 4.98. The average Bonchev–Trinajstić information content (AvgIpc) is 2.77. The van der Waals surface area contributed by atoms with E-state index in [0.717, 1.165) is 44.1 Å². The van der Waals surface area contributed by atoms with Gasteiger partial charge in [0.05, 0.1) is 24.8 Å². The van der Waals surface area contributed by atoms with Crippen LogP contribution in [0.3, 0.4) is 0 Å². The molecule has 1 aliphatic rings. The van der Waals surface area contributed by atoms with Crippen molar-refractivity contribution in [1.29, 1.82) is 5.26 Å². The third kappa shape index (κ3) is 6.14. The molecule has 0 bridgehead atoms. The molecule has 7 heteroatoms. The summed E-state index contributed by atoms with van der Waals surface area (Å²) in [4.78, 5) is 26.4. The fourth-order valence-corrected chi connectivity index (χ4v) is 3.33. The SMILES string of the molecule is CC(=O)c1ccc(C#N)cc1NCc1cccc(NC(=O)CCN2CCOCC2)c1. The van der Waals surface area contributed by atoms with Gasteiger partial charge in [-0.3, -0.25) is 14.5 Å². The van der Waals surface area contributed by atoms with Gasteiger partial charge in [0, 0.05) is 49.5 Å². The van der Waals surface area contributed by atoms with Gasteiger partial charge in [-0.15, -0.1) is 0 Å². The van der Waals surface area contributed by atoms with Crippen LogP contribution in [-0.2, 0) is 16.1 Å². The Kier molecular flexibility index (Phi) is 7.55. The van der Waals surface area contributed by atoms with E-state index in [4.69, 9.17) is 10.00 Å². The first-order valence-electron chi connectivity index (χ1n) is 10.0.